The van der Waals surface area contributed by atoms with Crippen LogP contribution in [-0.2, 0) is 11.3 Å². The van der Waals surface area contributed by atoms with Crippen LogP contribution in [0, 0.1) is 0 Å². The molecule has 0 unspecified atom stereocenters. The van der Waals surface area contributed by atoms with Crippen molar-refractivity contribution >= 4 is 5.95 Å². The standard InChI is InChI=1S/C12H16N6O/c1-19-6-5-17-9-15-16-11(17)10-7-18(8-10)12-13-3-2-4-14-12/h2-4,9-10H,5-8H2,1H3. The van der Waals surface area contributed by atoms with Crippen molar-refractivity contribution in [2.45, 2.75) is 12.5 Å². The van der Waals surface area contributed by atoms with Crippen molar-refractivity contribution in [1.29, 1.82) is 0 Å². The molecule has 7 heteroatoms. The van der Waals surface area contributed by atoms with Gasteiger partial charge in [-0.05, 0) is 6.07 Å². The minimum absolute atomic E-state index is 0.392. The summed E-state index contributed by atoms with van der Waals surface area (Å²) < 4.78 is 7.14. The molecule has 0 N–H and O–H groups in total. The van der Waals surface area contributed by atoms with Crippen molar-refractivity contribution in [2.75, 3.05) is 31.7 Å². The molecule has 0 radical (unpaired) electrons. The van der Waals surface area contributed by atoms with Crippen molar-refractivity contribution in [3.8, 4) is 0 Å². The minimum atomic E-state index is 0.392. The lowest BCUT2D eigenvalue weighted by atomic mass is 10.00. The van der Waals surface area contributed by atoms with Gasteiger partial charge in [-0.1, -0.05) is 0 Å². The number of methoxy groups -OCH3 is 1. The second kappa shape index (κ2) is 5.31. The van der Waals surface area contributed by atoms with Crippen LogP contribution in [0.1, 0.15) is 11.7 Å². The summed E-state index contributed by atoms with van der Waals surface area (Å²) in [5.41, 5.74) is 0. The molecule has 1 aliphatic rings. The summed E-state index contributed by atoms with van der Waals surface area (Å²) in [4.78, 5) is 10.6. The van der Waals surface area contributed by atoms with Gasteiger partial charge in [-0.3, -0.25) is 0 Å². The Morgan fingerprint density at radius 1 is 1.32 bits per heavy atom. The summed E-state index contributed by atoms with van der Waals surface area (Å²) in [5.74, 6) is 2.19. The molecule has 1 fully saturated rings. The molecule has 0 saturated carbocycles. The van der Waals surface area contributed by atoms with Crippen LogP contribution in [0.15, 0.2) is 24.8 Å². The van der Waals surface area contributed by atoms with Gasteiger partial charge in [0.05, 0.1) is 12.5 Å². The molecule has 3 rings (SSSR count). The lowest BCUT2D eigenvalue weighted by Gasteiger charge is -2.38. The summed E-state index contributed by atoms with van der Waals surface area (Å²) in [6, 6.07) is 1.82. The van der Waals surface area contributed by atoms with Gasteiger partial charge >= 0.3 is 0 Å². The fraction of sp³-hybridized carbons (Fsp3) is 0.500. The number of hydrogen-bond acceptors (Lipinski definition) is 6. The SMILES string of the molecule is COCCn1cnnc1C1CN(c2ncccn2)C1. The highest BCUT2D eigenvalue weighted by molar-refractivity contribution is 5.36. The van der Waals surface area contributed by atoms with Gasteiger partial charge in [0, 0.05) is 39.1 Å². The second-order valence-corrected chi connectivity index (χ2v) is 4.53. The first-order chi connectivity index (χ1) is 9.38. The number of anilines is 1. The van der Waals surface area contributed by atoms with E-state index in [0.717, 1.165) is 31.4 Å². The quantitative estimate of drug-likeness (QED) is 0.771. The van der Waals surface area contributed by atoms with Crippen LogP contribution in [0.25, 0.3) is 0 Å². The van der Waals surface area contributed by atoms with Crippen molar-refractivity contribution in [1.82, 2.24) is 24.7 Å². The number of ether oxygens (including phenoxy) is 1. The number of rotatable bonds is 5. The van der Waals surface area contributed by atoms with Crippen LogP contribution in [0.5, 0.6) is 0 Å². The summed E-state index contributed by atoms with van der Waals surface area (Å²) in [7, 11) is 1.70. The molecular formula is C12H16N6O. The van der Waals surface area contributed by atoms with Crippen LogP contribution in [0.3, 0.4) is 0 Å². The first kappa shape index (κ1) is 12.0. The topological polar surface area (TPSA) is 69.0 Å². The van der Waals surface area contributed by atoms with E-state index in [0.29, 0.717) is 12.5 Å². The van der Waals surface area contributed by atoms with Crippen molar-refractivity contribution < 1.29 is 4.74 Å². The minimum Gasteiger partial charge on any atom is -0.383 e. The Kier molecular flexibility index (Phi) is 3.37. The Bertz CT molecular complexity index is 522. The largest absolute Gasteiger partial charge is 0.383 e. The first-order valence-electron chi connectivity index (χ1n) is 6.27. The van der Waals surface area contributed by atoms with Gasteiger partial charge in [-0.15, -0.1) is 10.2 Å². The predicted octanol–water partition coefficient (Wildman–Crippen LogP) is 0.318. The highest BCUT2D eigenvalue weighted by Gasteiger charge is 2.33. The summed E-state index contributed by atoms with van der Waals surface area (Å²) in [6.45, 7) is 3.23. The summed E-state index contributed by atoms with van der Waals surface area (Å²) >= 11 is 0. The van der Waals surface area contributed by atoms with E-state index in [2.05, 4.69) is 29.6 Å². The predicted molar refractivity (Wildman–Crippen MR) is 68.9 cm³/mol. The lowest BCUT2D eigenvalue weighted by Crippen LogP contribution is -2.47. The van der Waals surface area contributed by atoms with Crippen LogP contribution < -0.4 is 4.90 Å². The van der Waals surface area contributed by atoms with Gasteiger partial charge in [0.25, 0.3) is 0 Å². The van der Waals surface area contributed by atoms with Crippen LogP contribution in [-0.4, -0.2) is 51.5 Å². The Hall–Kier alpha value is -2.02. The van der Waals surface area contributed by atoms with E-state index in [1.807, 2.05) is 6.07 Å². The maximum atomic E-state index is 5.09. The Morgan fingerprint density at radius 3 is 2.84 bits per heavy atom. The van der Waals surface area contributed by atoms with Crippen molar-refractivity contribution in [3.63, 3.8) is 0 Å². The van der Waals surface area contributed by atoms with E-state index >= 15 is 0 Å². The van der Waals surface area contributed by atoms with Gasteiger partial charge in [0.2, 0.25) is 5.95 Å². The number of aromatic nitrogens is 5. The molecule has 7 nitrogen and oxygen atoms in total. The Labute approximate surface area is 111 Å². The lowest BCUT2D eigenvalue weighted by molar-refractivity contribution is 0.185. The zero-order valence-electron chi connectivity index (χ0n) is 10.8. The number of hydrogen-bond donors (Lipinski definition) is 0. The van der Waals surface area contributed by atoms with Gasteiger partial charge in [-0.2, -0.15) is 0 Å². The third-order valence-electron chi connectivity index (χ3n) is 3.26. The van der Waals surface area contributed by atoms with E-state index in [1.165, 1.54) is 0 Å². The van der Waals surface area contributed by atoms with Crippen molar-refractivity contribution in [2.24, 2.45) is 0 Å². The zero-order chi connectivity index (χ0) is 13.1. The molecule has 2 aromatic heterocycles. The molecule has 0 amide bonds. The van der Waals surface area contributed by atoms with E-state index < -0.39 is 0 Å². The van der Waals surface area contributed by atoms with Crippen molar-refractivity contribution in [3.05, 3.63) is 30.6 Å². The average Bonchev–Trinajstić information content (AvgIpc) is 2.84. The van der Waals surface area contributed by atoms with E-state index in [4.69, 9.17) is 4.74 Å². The molecule has 1 aliphatic heterocycles. The zero-order valence-corrected chi connectivity index (χ0v) is 10.8. The highest BCUT2D eigenvalue weighted by Crippen LogP contribution is 2.27. The third kappa shape index (κ3) is 2.41. The monoisotopic (exact) mass is 260 g/mol. The molecule has 3 heterocycles. The fourth-order valence-corrected chi connectivity index (χ4v) is 2.20. The molecule has 0 spiro atoms. The van der Waals surface area contributed by atoms with E-state index in [9.17, 15) is 0 Å². The second-order valence-electron chi connectivity index (χ2n) is 4.53. The number of nitrogens with zero attached hydrogens (tertiary/aromatic N) is 6. The van der Waals surface area contributed by atoms with E-state index in [1.54, 1.807) is 25.8 Å². The van der Waals surface area contributed by atoms with Gasteiger partial charge in [0.1, 0.15) is 12.2 Å². The fourth-order valence-electron chi connectivity index (χ4n) is 2.20. The van der Waals surface area contributed by atoms with E-state index in [-0.39, 0.29) is 0 Å². The summed E-state index contributed by atoms with van der Waals surface area (Å²) in [6.07, 6.45) is 5.28. The molecule has 100 valence electrons. The normalized spacial score (nSPS) is 15.5. The molecular weight excluding hydrogens is 244 g/mol. The molecule has 0 aromatic carbocycles. The maximum absolute atomic E-state index is 5.09. The Balaban J connectivity index is 1.63. The smallest absolute Gasteiger partial charge is 0.225 e. The maximum Gasteiger partial charge on any atom is 0.225 e. The molecule has 19 heavy (non-hydrogen) atoms. The summed E-state index contributed by atoms with van der Waals surface area (Å²) in [5, 5.41) is 8.19. The molecule has 0 aliphatic carbocycles. The van der Waals surface area contributed by atoms with Crippen LogP contribution in [0.2, 0.25) is 0 Å². The Morgan fingerprint density at radius 2 is 2.11 bits per heavy atom. The van der Waals surface area contributed by atoms with Gasteiger partial charge < -0.3 is 14.2 Å². The molecule has 0 atom stereocenters. The van der Waals surface area contributed by atoms with Crippen LogP contribution in [0.4, 0.5) is 5.95 Å². The molecule has 1 saturated heterocycles. The molecule has 0 bridgehead atoms. The highest BCUT2D eigenvalue weighted by atomic mass is 16.5. The molecule has 2 aromatic rings. The third-order valence-corrected chi connectivity index (χ3v) is 3.26. The van der Waals surface area contributed by atoms with Gasteiger partial charge in [-0.25, -0.2) is 9.97 Å². The first-order valence-corrected chi connectivity index (χ1v) is 6.27. The van der Waals surface area contributed by atoms with Crippen LogP contribution >= 0.6 is 0 Å². The van der Waals surface area contributed by atoms with Gasteiger partial charge in [0.15, 0.2) is 0 Å². The average molecular weight is 260 g/mol.